The summed E-state index contributed by atoms with van der Waals surface area (Å²) in [6.07, 6.45) is -0.213. The zero-order valence-electron chi connectivity index (χ0n) is 15.8. The lowest BCUT2D eigenvalue weighted by Crippen LogP contribution is -2.49. The van der Waals surface area contributed by atoms with Gasteiger partial charge in [-0.3, -0.25) is 0 Å². The Morgan fingerprint density at radius 1 is 1.12 bits per heavy atom. The van der Waals surface area contributed by atoms with Crippen molar-refractivity contribution < 1.29 is 23.8 Å². The highest BCUT2D eigenvalue weighted by Crippen LogP contribution is 2.28. The lowest BCUT2D eigenvalue weighted by molar-refractivity contribution is -0.0338. The summed E-state index contributed by atoms with van der Waals surface area (Å²) < 4.78 is 15.5. The van der Waals surface area contributed by atoms with Crippen molar-refractivity contribution in [1.29, 1.82) is 0 Å². The Balaban J connectivity index is 2.85. The van der Waals surface area contributed by atoms with Gasteiger partial charge in [0.05, 0.1) is 7.11 Å². The van der Waals surface area contributed by atoms with Gasteiger partial charge in [-0.05, 0) is 20.8 Å². The molecular formula is C17H29NO5Si. The number of methoxy groups -OCH3 is 1. The van der Waals surface area contributed by atoms with Crippen LogP contribution in [0.15, 0.2) is 0 Å². The third-order valence-electron chi connectivity index (χ3n) is 3.33. The highest BCUT2D eigenvalue weighted by Gasteiger charge is 2.39. The predicted octanol–water partition coefficient (Wildman–Crippen LogP) is 3.42. The number of amides is 1. The van der Waals surface area contributed by atoms with Gasteiger partial charge in [-0.2, -0.15) is 0 Å². The Kier molecular flexibility index (Phi) is 6.34. The maximum atomic E-state index is 12.2. The van der Waals surface area contributed by atoms with E-state index in [2.05, 4.69) is 35.8 Å². The van der Waals surface area contributed by atoms with Crippen molar-refractivity contribution in [2.24, 2.45) is 0 Å². The number of carbonyl (C=O) groups excluding carboxylic acids is 2. The van der Waals surface area contributed by atoms with Crippen LogP contribution in [0.2, 0.25) is 19.6 Å². The van der Waals surface area contributed by atoms with Crippen LogP contribution >= 0.6 is 0 Å². The quantitative estimate of drug-likeness (QED) is 0.410. The Hall–Kier alpha value is -1.68. The van der Waals surface area contributed by atoms with Gasteiger partial charge in [0.25, 0.3) is 0 Å². The van der Waals surface area contributed by atoms with Crippen LogP contribution in [0.4, 0.5) is 9.59 Å². The van der Waals surface area contributed by atoms with Crippen LogP contribution in [-0.2, 0) is 14.2 Å². The maximum Gasteiger partial charge on any atom is 0.509 e. The molecule has 1 rings (SSSR count). The molecule has 0 aromatic heterocycles. The number of likely N-dealkylation sites (tertiary alicyclic amines) is 1. The first-order chi connectivity index (χ1) is 10.9. The van der Waals surface area contributed by atoms with Gasteiger partial charge in [0.1, 0.15) is 13.7 Å². The van der Waals surface area contributed by atoms with Gasteiger partial charge in [-0.15, -0.1) is 5.54 Å². The molecule has 0 N–H and O–H groups in total. The number of piperidine rings is 1. The second-order valence-electron chi connectivity index (χ2n) is 8.02. The number of rotatable bonds is 1. The van der Waals surface area contributed by atoms with E-state index in [0.29, 0.717) is 25.9 Å². The Labute approximate surface area is 145 Å². The van der Waals surface area contributed by atoms with Crippen LogP contribution in [0, 0.1) is 11.5 Å². The molecular weight excluding hydrogens is 326 g/mol. The highest BCUT2D eigenvalue weighted by atomic mass is 28.3. The fourth-order valence-electron chi connectivity index (χ4n) is 2.13. The fraction of sp³-hybridized carbons (Fsp3) is 0.765. The third-order valence-corrected chi connectivity index (χ3v) is 4.21. The van der Waals surface area contributed by atoms with Crippen LogP contribution in [0.3, 0.4) is 0 Å². The first kappa shape index (κ1) is 20.4. The molecule has 0 unspecified atom stereocenters. The molecule has 0 atom stereocenters. The van der Waals surface area contributed by atoms with Crippen molar-refractivity contribution >= 4 is 20.3 Å². The van der Waals surface area contributed by atoms with E-state index < -0.39 is 25.4 Å². The minimum absolute atomic E-state index is 0.354. The number of nitrogens with zero attached hydrogens (tertiary/aromatic N) is 1. The van der Waals surface area contributed by atoms with Gasteiger partial charge in [0, 0.05) is 25.9 Å². The topological polar surface area (TPSA) is 65.1 Å². The Bertz CT molecular complexity index is 528. The molecule has 24 heavy (non-hydrogen) atoms. The van der Waals surface area contributed by atoms with E-state index >= 15 is 0 Å². The first-order valence-corrected chi connectivity index (χ1v) is 11.7. The number of hydrogen-bond donors (Lipinski definition) is 0. The van der Waals surface area contributed by atoms with E-state index in [4.69, 9.17) is 9.47 Å². The van der Waals surface area contributed by atoms with Crippen LogP contribution in [-0.4, -0.2) is 56.6 Å². The smallest absolute Gasteiger partial charge is 0.444 e. The first-order valence-electron chi connectivity index (χ1n) is 8.15. The molecule has 1 aliphatic rings. The number of carbonyl (C=O) groups is 2. The monoisotopic (exact) mass is 355 g/mol. The summed E-state index contributed by atoms with van der Waals surface area (Å²) in [5.74, 6) is 3.16. The number of hydrogen-bond acceptors (Lipinski definition) is 5. The second kappa shape index (κ2) is 7.47. The minimum Gasteiger partial charge on any atom is -0.444 e. The van der Waals surface area contributed by atoms with Gasteiger partial charge >= 0.3 is 12.2 Å². The summed E-state index contributed by atoms with van der Waals surface area (Å²) in [4.78, 5) is 25.4. The zero-order chi connectivity index (χ0) is 18.6. The third kappa shape index (κ3) is 6.83. The molecule has 136 valence electrons. The molecule has 0 aliphatic carbocycles. The summed E-state index contributed by atoms with van der Waals surface area (Å²) in [6.45, 7) is 12.7. The van der Waals surface area contributed by atoms with Crippen molar-refractivity contribution in [2.45, 2.75) is 64.5 Å². The van der Waals surface area contributed by atoms with Gasteiger partial charge in [0.2, 0.25) is 0 Å². The summed E-state index contributed by atoms with van der Waals surface area (Å²) in [6, 6.07) is 0. The average molecular weight is 356 g/mol. The van der Waals surface area contributed by atoms with Crippen molar-refractivity contribution in [3.8, 4) is 11.5 Å². The summed E-state index contributed by atoms with van der Waals surface area (Å²) in [5.41, 5.74) is 1.83. The normalized spacial score (nSPS) is 17.4. The van der Waals surface area contributed by atoms with E-state index in [-0.39, 0.29) is 6.09 Å². The van der Waals surface area contributed by atoms with Crippen molar-refractivity contribution in [1.82, 2.24) is 4.90 Å². The SMILES string of the molecule is COC(=O)OC1(C#C[Si](C)(C)C)CCN(C(=O)OC(C)(C)C)CC1. The van der Waals surface area contributed by atoms with Gasteiger partial charge in [-0.1, -0.05) is 25.6 Å². The molecule has 0 aromatic carbocycles. The molecule has 1 amide bonds. The van der Waals surface area contributed by atoms with E-state index in [1.54, 1.807) is 4.90 Å². The minimum atomic E-state index is -1.62. The standard InChI is InChI=1S/C17H29NO5Si/c1-16(2,3)22-14(19)18-11-8-17(9-12-18,23-15(20)21-4)10-13-24(5,6)7/h8-9,11-12H2,1-7H3. The molecule has 1 fully saturated rings. The van der Waals surface area contributed by atoms with E-state index in [1.165, 1.54) is 7.11 Å². The van der Waals surface area contributed by atoms with Crippen LogP contribution in [0.5, 0.6) is 0 Å². The van der Waals surface area contributed by atoms with Crippen LogP contribution in [0.25, 0.3) is 0 Å². The highest BCUT2D eigenvalue weighted by molar-refractivity contribution is 6.83. The van der Waals surface area contributed by atoms with Crippen LogP contribution in [0.1, 0.15) is 33.6 Å². The van der Waals surface area contributed by atoms with E-state index in [0.717, 1.165) is 0 Å². The molecule has 0 bridgehead atoms. The van der Waals surface area contributed by atoms with Gasteiger partial charge < -0.3 is 19.1 Å². The van der Waals surface area contributed by atoms with E-state index in [1.807, 2.05) is 20.8 Å². The lowest BCUT2D eigenvalue weighted by atomic mass is 9.92. The van der Waals surface area contributed by atoms with E-state index in [9.17, 15) is 9.59 Å². The molecule has 0 saturated carbocycles. The lowest BCUT2D eigenvalue weighted by Gasteiger charge is -2.38. The number of ether oxygens (including phenoxy) is 3. The Morgan fingerprint density at radius 3 is 2.08 bits per heavy atom. The Morgan fingerprint density at radius 2 is 1.67 bits per heavy atom. The average Bonchev–Trinajstić information content (AvgIpc) is 2.43. The fourth-order valence-corrected chi connectivity index (χ4v) is 2.73. The summed E-state index contributed by atoms with van der Waals surface area (Å²) in [5, 5.41) is 0. The largest absolute Gasteiger partial charge is 0.509 e. The molecule has 6 nitrogen and oxygen atoms in total. The summed E-state index contributed by atoms with van der Waals surface area (Å²) >= 11 is 0. The maximum absolute atomic E-state index is 12.2. The predicted molar refractivity (Wildman–Crippen MR) is 94.4 cm³/mol. The molecule has 0 spiro atoms. The van der Waals surface area contributed by atoms with Crippen molar-refractivity contribution in [2.75, 3.05) is 20.2 Å². The zero-order valence-corrected chi connectivity index (χ0v) is 16.8. The van der Waals surface area contributed by atoms with Gasteiger partial charge in [0.15, 0.2) is 5.60 Å². The second-order valence-corrected chi connectivity index (χ2v) is 12.8. The molecule has 0 radical (unpaired) electrons. The van der Waals surface area contributed by atoms with Gasteiger partial charge in [-0.25, -0.2) is 9.59 Å². The molecule has 1 heterocycles. The molecule has 7 heteroatoms. The van der Waals surface area contributed by atoms with Crippen molar-refractivity contribution in [3.05, 3.63) is 0 Å². The summed E-state index contributed by atoms with van der Waals surface area (Å²) in [7, 11) is -0.343. The molecule has 1 aliphatic heterocycles. The van der Waals surface area contributed by atoms with Crippen molar-refractivity contribution in [3.63, 3.8) is 0 Å². The molecule has 0 aromatic rings. The van der Waals surface area contributed by atoms with Crippen LogP contribution < -0.4 is 0 Å². The molecule has 1 saturated heterocycles.